The highest BCUT2D eigenvalue weighted by atomic mass is 19.4. The molecule has 2 rings (SSSR count). The third-order valence-electron chi connectivity index (χ3n) is 3.55. The maximum atomic E-state index is 12.3. The van der Waals surface area contributed by atoms with Crippen LogP contribution in [0.4, 0.5) is 13.2 Å². The van der Waals surface area contributed by atoms with Crippen molar-refractivity contribution in [3.05, 3.63) is 0 Å². The second kappa shape index (κ2) is 5.23. The average molecular weight is 294 g/mol. The van der Waals surface area contributed by atoms with Crippen LogP contribution in [0.3, 0.4) is 0 Å². The summed E-state index contributed by atoms with van der Waals surface area (Å²) in [6.45, 7) is 2.01. The van der Waals surface area contributed by atoms with Gasteiger partial charge in [0.05, 0.1) is 19.1 Å². The van der Waals surface area contributed by atoms with E-state index in [1.165, 1.54) is 0 Å². The fraction of sp³-hybridized carbons (Fsp3) is 0.833. The zero-order valence-corrected chi connectivity index (χ0v) is 11.1. The highest BCUT2D eigenvalue weighted by Gasteiger charge is 2.41. The van der Waals surface area contributed by atoms with E-state index < -0.39 is 24.5 Å². The third-order valence-corrected chi connectivity index (χ3v) is 3.55. The number of ether oxygens (including phenoxy) is 1. The summed E-state index contributed by atoms with van der Waals surface area (Å²) in [5, 5.41) is 2.69. The number of nitrogens with one attached hydrogen (secondary N) is 1. The summed E-state index contributed by atoms with van der Waals surface area (Å²) in [7, 11) is 0. The van der Waals surface area contributed by atoms with Gasteiger partial charge in [-0.15, -0.1) is 0 Å². The van der Waals surface area contributed by atoms with Gasteiger partial charge in [0.1, 0.15) is 6.54 Å². The number of rotatable bonds is 4. The quantitative estimate of drug-likeness (QED) is 0.824. The highest BCUT2D eigenvalue weighted by Crippen LogP contribution is 2.26. The molecule has 1 unspecified atom stereocenters. The van der Waals surface area contributed by atoms with Gasteiger partial charge in [-0.05, 0) is 0 Å². The van der Waals surface area contributed by atoms with Gasteiger partial charge in [-0.25, -0.2) is 0 Å². The zero-order chi connectivity index (χ0) is 15.0. The van der Waals surface area contributed by atoms with Gasteiger partial charge in [0.25, 0.3) is 0 Å². The predicted molar refractivity (Wildman–Crippen MR) is 62.7 cm³/mol. The number of hydrogen-bond donors (Lipinski definition) is 1. The Kier molecular flexibility index (Phi) is 3.95. The average Bonchev–Trinajstić information content (AvgIpc) is 2.63. The molecule has 0 bridgehead atoms. The van der Waals surface area contributed by atoms with Crippen LogP contribution in [0.15, 0.2) is 0 Å². The van der Waals surface area contributed by atoms with Crippen LogP contribution < -0.4 is 5.32 Å². The van der Waals surface area contributed by atoms with Gasteiger partial charge in [0.15, 0.2) is 0 Å². The Balaban J connectivity index is 1.81. The number of hydrogen-bond acceptors (Lipinski definition) is 3. The monoisotopic (exact) mass is 294 g/mol. The summed E-state index contributed by atoms with van der Waals surface area (Å²) in [6, 6.07) is 0. The van der Waals surface area contributed by atoms with E-state index in [-0.39, 0.29) is 24.3 Å². The van der Waals surface area contributed by atoms with Crippen molar-refractivity contribution in [1.29, 1.82) is 0 Å². The molecule has 114 valence electrons. The van der Waals surface area contributed by atoms with Crippen molar-refractivity contribution in [2.24, 2.45) is 11.3 Å². The molecule has 0 radical (unpaired) electrons. The standard InChI is InChI=1S/C12H17F3N2O3/c1-11(6-20-7-11)4-16-10(19)8-2-9(18)17(3-8)5-12(13,14)15/h8H,2-7H2,1H3,(H,16,19). The van der Waals surface area contributed by atoms with Gasteiger partial charge in [0, 0.05) is 24.9 Å². The lowest BCUT2D eigenvalue weighted by Crippen LogP contribution is -2.49. The molecule has 2 fully saturated rings. The van der Waals surface area contributed by atoms with Crippen LogP contribution in [0.25, 0.3) is 0 Å². The molecule has 0 aromatic carbocycles. The first-order valence-corrected chi connectivity index (χ1v) is 6.39. The van der Waals surface area contributed by atoms with E-state index in [9.17, 15) is 22.8 Å². The Bertz CT molecular complexity index is 407. The van der Waals surface area contributed by atoms with Crippen molar-refractivity contribution in [3.8, 4) is 0 Å². The van der Waals surface area contributed by atoms with Crippen molar-refractivity contribution in [2.45, 2.75) is 19.5 Å². The Labute approximate surface area is 114 Å². The van der Waals surface area contributed by atoms with Crippen LogP contribution in [0.5, 0.6) is 0 Å². The molecule has 2 aliphatic rings. The lowest BCUT2D eigenvalue weighted by Gasteiger charge is -2.38. The minimum atomic E-state index is -4.43. The minimum Gasteiger partial charge on any atom is -0.380 e. The molecular weight excluding hydrogens is 277 g/mol. The summed E-state index contributed by atoms with van der Waals surface area (Å²) < 4.78 is 41.8. The molecule has 8 heteroatoms. The smallest absolute Gasteiger partial charge is 0.380 e. The molecule has 20 heavy (non-hydrogen) atoms. The van der Waals surface area contributed by atoms with Gasteiger partial charge in [-0.2, -0.15) is 13.2 Å². The molecule has 2 saturated heterocycles. The van der Waals surface area contributed by atoms with Gasteiger partial charge in [-0.3, -0.25) is 9.59 Å². The SMILES string of the molecule is CC1(CNC(=O)C2CC(=O)N(CC(F)(F)F)C2)COC1. The highest BCUT2D eigenvalue weighted by molar-refractivity contribution is 5.89. The molecule has 2 aliphatic heterocycles. The van der Waals surface area contributed by atoms with E-state index in [1.807, 2.05) is 6.92 Å². The van der Waals surface area contributed by atoms with E-state index in [2.05, 4.69) is 5.32 Å². The Morgan fingerprint density at radius 2 is 2.15 bits per heavy atom. The Morgan fingerprint density at radius 1 is 1.50 bits per heavy atom. The molecule has 0 spiro atoms. The lowest BCUT2D eigenvalue weighted by atomic mass is 9.88. The van der Waals surface area contributed by atoms with Crippen molar-refractivity contribution in [1.82, 2.24) is 10.2 Å². The van der Waals surface area contributed by atoms with Crippen molar-refractivity contribution >= 4 is 11.8 Å². The predicted octanol–water partition coefficient (Wildman–Crippen LogP) is 0.550. The van der Waals surface area contributed by atoms with Crippen molar-refractivity contribution < 1.29 is 27.5 Å². The van der Waals surface area contributed by atoms with Crippen LogP contribution in [-0.4, -0.2) is 55.7 Å². The maximum Gasteiger partial charge on any atom is 0.406 e. The molecule has 0 aromatic heterocycles. The van der Waals surface area contributed by atoms with Crippen LogP contribution in [0.2, 0.25) is 0 Å². The second-order valence-corrected chi connectivity index (χ2v) is 5.81. The molecule has 2 amide bonds. The minimum absolute atomic E-state index is 0.107. The van der Waals surface area contributed by atoms with Crippen molar-refractivity contribution in [3.63, 3.8) is 0 Å². The fourth-order valence-electron chi connectivity index (χ4n) is 2.31. The van der Waals surface area contributed by atoms with Crippen LogP contribution >= 0.6 is 0 Å². The zero-order valence-electron chi connectivity index (χ0n) is 11.1. The first-order valence-electron chi connectivity index (χ1n) is 6.39. The topological polar surface area (TPSA) is 58.6 Å². The van der Waals surface area contributed by atoms with Gasteiger partial charge < -0.3 is 15.0 Å². The summed E-state index contributed by atoms with van der Waals surface area (Å²) in [4.78, 5) is 24.0. The van der Waals surface area contributed by atoms with Crippen LogP contribution in [-0.2, 0) is 14.3 Å². The number of halogens is 3. The molecule has 0 aliphatic carbocycles. The second-order valence-electron chi connectivity index (χ2n) is 5.81. The summed E-state index contributed by atoms with van der Waals surface area (Å²) in [6.07, 6.45) is -4.59. The number of carbonyl (C=O) groups is 2. The van der Waals surface area contributed by atoms with Gasteiger partial charge >= 0.3 is 6.18 Å². The molecule has 2 heterocycles. The van der Waals surface area contributed by atoms with Crippen LogP contribution in [0.1, 0.15) is 13.3 Å². The van der Waals surface area contributed by atoms with Gasteiger partial charge in [0.2, 0.25) is 11.8 Å². The molecule has 1 atom stereocenters. The number of carbonyl (C=O) groups excluding carboxylic acids is 2. The Morgan fingerprint density at radius 3 is 2.65 bits per heavy atom. The number of nitrogens with zero attached hydrogens (tertiary/aromatic N) is 1. The van der Waals surface area contributed by atoms with Gasteiger partial charge in [-0.1, -0.05) is 6.92 Å². The normalized spacial score (nSPS) is 25.5. The van der Waals surface area contributed by atoms with Crippen molar-refractivity contribution in [2.75, 3.05) is 32.8 Å². The van der Waals surface area contributed by atoms with E-state index >= 15 is 0 Å². The molecule has 1 N–H and O–H groups in total. The largest absolute Gasteiger partial charge is 0.406 e. The van der Waals surface area contributed by atoms with Crippen LogP contribution in [0, 0.1) is 11.3 Å². The van der Waals surface area contributed by atoms with E-state index in [0.29, 0.717) is 24.7 Å². The number of amides is 2. The number of likely N-dealkylation sites (tertiary alicyclic amines) is 1. The molecule has 5 nitrogen and oxygen atoms in total. The third kappa shape index (κ3) is 3.62. The number of alkyl halides is 3. The molecular formula is C12H17F3N2O3. The molecule has 0 aromatic rings. The van der Waals surface area contributed by atoms with E-state index in [1.54, 1.807) is 0 Å². The Hall–Kier alpha value is -1.31. The summed E-state index contributed by atoms with van der Waals surface area (Å²) in [5.74, 6) is -1.69. The first-order chi connectivity index (χ1) is 9.19. The first kappa shape index (κ1) is 15.1. The lowest BCUT2D eigenvalue weighted by molar-refractivity contribution is -0.157. The van der Waals surface area contributed by atoms with E-state index in [4.69, 9.17) is 4.74 Å². The summed E-state index contributed by atoms with van der Waals surface area (Å²) >= 11 is 0. The van der Waals surface area contributed by atoms with E-state index in [0.717, 1.165) is 0 Å². The molecule has 0 saturated carbocycles. The fourth-order valence-corrected chi connectivity index (χ4v) is 2.31. The summed E-state index contributed by atoms with van der Waals surface area (Å²) in [5.41, 5.74) is -0.107. The maximum absolute atomic E-state index is 12.3.